The number of nitrogens with one attached hydrogen (secondary N) is 1. The lowest BCUT2D eigenvalue weighted by molar-refractivity contribution is -0.126. The van der Waals surface area contributed by atoms with Crippen LogP contribution in [0.4, 0.5) is 0 Å². The van der Waals surface area contributed by atoms with Crippen molar-refractivity contribution in [3.63, 3.8) is 0 Å². The van der Waals surface area contributed by atoms with E-state index in [9.17, 15) is 9.59 Å². The number of thiazole rings is 1. The van der Waals surface area contributed by atoms with E-state index in [4.69, 9.17) is 10.2 Å². The van der Waals surface area contributed by atoms with Crippen molar-refractivity contribution >= 4 is 23.2 Å². The summed E-state index contributed by atoms with van der Waals surface area (Å²) in [6.07, 6.45) is 4.78. The molecule has 0 spiro atoms. The number of hydrogen-bond donors (Lipinski definition) is 2. The number of carbonyl (C=O) groups is 2. The number of nitrogens with two attached hydrogens (primary N) is 1. The molecular formula is C16H20N4O3S. The van der Waals surface area contributed by atoms with Crippen molar-refractivity contribution in [3.05, 3.63) is 29.7 Å². The van der Waals surface area contributed by atoms with Crippen LogP contribution < -0.4 is 11.1 Å². The number of aromatic nitrogens is 1. The first kappa shape index (κ1) is 16.7. The largest absolute Gasteiger partial charge is 0.472 e. The highest BCUT2D eigenvalue weighted by Crippen LogP contribution is 2.25. The van der Waals surface area contributed by atoms with E-state index in [1.54, 1.807) is 22.8 Å². The summed E-state index contributed by atoms with van der Waals surface area (Å²) in [6.45, 7) is 1.95. The smallest absolute Gasteiger partial charge is 0.273 e. The summed E-state index contributed by atoms with van der Waals surface area (Å²) >= 11 is 1.41. The monoisotopic (exact) mass is 348 g/mol. The molecule has 0 saturated carbocycles. The van der Waals surface area contributed by atoms with E-state index >= 15 is 0 Å². The van der Waals surface area contributed by atoms with Gasteiger partial charge in [0, 0.05) is 37.1 Å². The van der Waals surface area contributed by atoms with Gasteiger partial charge in [0.05, 0.1) is 12.2 Å². The predicted molar refractivity (Wildman–Crippen MR) is 90.5 cm³/mol. The third-order valence-electron chi connectivity index (χ3n) is 4.01. The molecule has 0 bridgehead atoms. The second kappa shape index (κ2) is 7.59. The number of furan rings is 1. The molecule has 3 N–H and O–H groups in total. The third-order valence-corrected chi connectivity index (χ3v) is 4.91. The van der Waals surface area contributed by atoms with Gasteiger partial charge in [0.15, 0.2) is 0 Å². The van der Waals surface area contributed by atoms with E-state index in [-0.39, 0.29) is 17.7 Å². The SMILES string of the molecule is NCCNC(=O)C1CCCN(C(=O)c2csc(-c3ccoc3)n2)C1. The van der Waals surface area contributed by atoms with Gasteiger partial charge in [-0.2, -0.15) is 0 Å². The Morgan fingerprint density at radius 2 is 2.38 bits per heavy atom. The fourth-order valence-corrected chi connectivity index (χ4v) is 3.55. The fraction of sp³-hybridized carbons (Fsp3) is 0.438. The second-order valence-electron chi connectivity index (χ2n) is 5.72. The molecule has 24 heavy (non-hydrogen) atoms. The summed E-state index contributed by atoms with van der Waals surface area (Å²) in [7, 11) is 0. The molecule has 3 heterocycles. The average Bonchev–Trinajstić information content (AvgIpc) is 3.30. The van der Waals surface area contributed by atoms with E-state index < -0.39 is 0 Å². The quantitative estimate of drug-likeness (QED) is 0.849. The Morgan fingerprint density at radius 1 is 1.50 bits per heavy atom. The van der Waals surface area contributed by atoms with Crippen LogP contribution in [0.1, 0.15) is 23.3 Å². The highest BCUT2D eigenvalue weighted by atomic mass is 32.1. The molecule has 0 radical (unpaired) electrons. The van der Waals surface area contributed by atoms with Crippen molar-refractivity contribution in [1.29, 1.82) is 0 Å². The number of carbonyl (C=O) groups excluding carboxylic acids is 2. The summed E-state index contributed by atoms with van der Waals surface area (Å²) in [5, 5.41) is 5.30. The molecular weight excluding hydrogens is 328 g/mol. The summed E-state index contributed by atoms with van der Waals surface area (Å²) in [4.78, 5) is 30.9. The topological polar surface area (TPSA) is 101 Å². The minimum Gasteiger partial charge on any atom is -0.472 e. The highest BCUT2D eigenvalue weighted by molar-refractivity contribution is 7.13. The van der Waals surface area contributed by atoms with Crippen LogP contribution in [0, 0.1) is 5.92 Å². The maximum atomic E-state index is 12.7. The number of rotatable bonds is 5. The molecule has 1 aliphatic heterocycles. The summed E-state index contributed by atoms with van der Waals surface area (Å²) in [6, 6.07) is 1.81. The van der Waals surface area contributed by atoms with Gasteiger partial charge in [-0.15, -0.1) is 11.3 Å². The molecule has 2 amide bonds. The van der Waals surface area contributed by atoms with Crippen LogP contribution in [0.3, 0.4) is 0 Å². The fourth-order valence-electron chi connectivity index (χ4n) is 2.77. The summed E-state index contributed by atoms with van der Waals surface area (Å²) < 4.78 is 5.05. The van der Waals surface area contributed by atoms with Crippen molar-refractivity contribution in [1.82, 2.24) is 15.2 Å². The van der Waals surface area contributed by atoms with Gasteiger partial charge in [-0.3, -0.25) is 9.59 Å². The molecule has 7 nitrogen and oxygen atoms in total. The van der Waals surface area contributed by atoms with Gasteiger partial charge in [-0.25, -0.2) is 4.98 Å². The van der Waals surface area contributed by atoms with E-state index in [0.29, 0.717) is 31.9 Å². The number of nitrogens with zero attached hydrogens (tertiary/aromatic N) is 2. The number of amides is 2. The van der Waals surface area contributed by atoms with E-state index in [0.717, 1.165) is 23.4 Å². The minimum atomic E-state index is -0.179. The molecule has 1 aliphatic rings. The Kier molecular flexibility index (Phi) is 5.27. The van der Waals surface area contributed by atoms with Crippen molar-refractivity contribution in [2.45, 2.75) is 12.8 Å². The van der Waals surface area contributed by atoms with Crippen molar-refractivity contribution in [3.8, 4) is 10.6 Å². The Hall–Kier alpha value is -2.19. The molecule has 2 aromatic heterocycles. The molecule has 1 fully saturated rings. The lowest BCUT2D eigenvalue weighted by Crippen LogP contribution is -2.46. The molecule has 8 heteroatoms. The average molecular weight is 348 g/mol. The molecule has 128 valence electrons. The van der Waals surface area contributed by atoms with E-state index in [2.05, 4.69) is 10.3 Å². The number of likely N-dealkylation sites (tertiary alicyclic amines) is 1. The molecule has 0 aromatic carbocycles. The van der Waals surface area contributed by atoms with Crippen molar-refractivity contribution < 1.29 is 14.0 Å². The molecule has 1 saturated heterocycles. The van der Waals surface area contributed by atoms with Crippen molar-refractivity contribution in [2.75, 3.05) is 26.2 Å². The van der Waals surface area contributed by atoms with Gasteiger partial charge >= 0.3 is 0 Å². The van der Waals surface area contributed by atoms with Gasteiger partial charge in [-0.05, 0) is 18.9 Å². The molecule has 0 aliphatic carbocycles. The highest BCUT2D eigenvalue weighted by Gasteiger charge is 2.29. The Bertz CT molecular complexity index is 698. The van der Waals surface area contributed by atoms with Crippen molar-refractivity contribution in [2.24, 2.45) is 11.7 Å². The van der Waals surface area contributed by atoms with Gasteiger partial charge in [0.1, 0.15) is 17.0 Å². The normalized spacial score (nSPS) is 17.7. The lowest BCUT2D eigenvalue weighted by atomic mass is 9.97. The molecule has 1 unspecified atom stereocenters. The lowest BCUT2D eigenvalue weighted by Gasteiger charge is -2.31. The first-order valence-electron chi connectivity index (χ1n) is 7.94. The molecule has 1 atom stereocenters. The number of piperidine rings is 1. The van der Waals surface area contributed by atoms with Gasteiger partial charge < -0.3 is 20.4 Å². The summed E-state index contributed by atoms with van der Waals surface area (Å²) in [5.74, 6) is -0.339. The first-order valence-corrected chi connectivity index (χ1v) is 8.82. The first-order chi connectivity index (χ1) is 11.7. The van der Waals surface area contributed by atoms with E-state index in [1.807, 2.05) is 6.07 Å². The third kappa shape index (κ3) is 3.65. The Morgan fingerprint density at radius 3 is 3.12 bits per heavy atom. The van der Waals surface area contributed by atoms with Crippen LogP contribution in [-0.2, 0) is 4.79 Å². The second-order valence-corrected chi connectivity index (χ2v) is 6.58. The van der Waals surface area contributed by atoms with Gasteiger partial charge in [0.25, 0.3) is 5.91 Å². The van der Waals surface area contributed by atoms with Crippen LogP contribution >= 0.6 is 11.3 Å². The Labute approximate surface area is 143 Å². The van der Waals surface area contributed by atoms with E-state index in [1.165, 1.54) is 11.3 Å². The van der Waals surface area contributed by atoms with Crippen LogP contribution in [0.15, 0.2) is 28.4 Å². The summed E-state index contributed by atoms with van der Waals surface area (Å²) in [5.41, 5.74) is 6.68. The predicted octanol–water partition coefficient (Wildman–Crippen LogP) is 1.33. The maximum absolute atomic E-state index is 12.7. The number of hydrogen-bond acceptors (Lipinski definition) is 6. The van der Waals surface area contributed by atoms with Gasteiger partial charge in [-0.1, -0.05) is 0 Å². The molecule has 2 aromatic rings. The van der Waals surface area contributed by atoms with Crippen LogP contribution in [0.2, 0.25) is 0 Å². The van der Waals surface area contributed by atoms with Gasteiger partial charge in [0.2, 0.25) is 5.91 Å². The van der Waals surface area contributed by atoms with Crippen LogP contribution in [0.5, 0.6) is 0 Å². The molecule has 3 rings (SSSR count). The zero-order chi connectivity index (χ0) is 16.9. The van der Waals surface area contributed by atoms with Crippen LogP contribution in [0.25, 0.3) is 10.6 Å². The standard InChI is InChI=1S/C16H20N4O3S/c17-4-5-18-14(21)11-2-1-6-20(8-11)16(22)13-10-24-15(19-13)12-3-7-23-9-12/h3,7,9-11H,1-2,4-6,8,17H2,(H,18,21). The zero-order valence-corrected chi connectivity index (χ0v) is 14.1. The maximum Gasteiger partial charge on any atom is 0.273 e. The van der Waals surface area contributed by atoms with Crippen LogP contribution in [-0.4, -0.2) is 47.9 Å². The minimum absolute atomic E-state index is 0.0321. The zero-order valence-electron chi connectivity index (χ0n) is 13.2. The Balaban J connectivity index is 1.65.